The Hall–Kier alpha value is -1.06. The van der Waals surface area contributed by atoms with E-state index in [2.05, 4.69) is 11.4 Å². The molecule has 3 N–H and O–H groups in total. The molecule has 1 aliphatic rings. The number of hydrogen-bond donors (Lipinski definition) is 2. The minimum absolute atomic E-state index is 0. The van der Waals surface area contributed by atoms with Gasteiger partial charge >= 0.3 is 0 Å². The lowest BCUT2D eigenvalue weighted by Gasteiger charge is -2.24. The van der Waals surface area contributed by atoms with E-state index in [-0.39, 0.29) is 23.9 Å². The molecule has 2 rings (SSSR count). The van der Waals surface area contributed by atoms with Crippen LogP contribution in [0.1, 0.15) is 48.2 Å². The van der Waals surface area contributed by atoms with Crippen molar-refractivity contribution < 1.29 is 4.79 Å². The molecule has 1 aliphatic carbocycles. The summed E-state index contributed by atoms with van der Waals surface area (Å²) in [6.07, 6.45) is 4.73. The Labute approximate surface area is 121 Å². The number of fused-ring (bicyclic) bond motifs is 1. The first-order valence-electron chi connectivity index (χ1n) is 6.66. The number of halogens is 1. The normalized spacial score (nSPS) is 14.3. The highest BCUT2D eigenvalue weighted by Gasteiger charge is 2.20. The molecule has 0 unspecified atom stereocenters. The van der Waals surface area contributed by atoms with Crippen molar-refractivity contribution in [1.82, 2.24) is 5.32 Å². The molecule has 3 nitrogen and oxygen atoms in total. The molecule has 1 aromatic carbocycles. The number of nitrogens with one attached hydrogen (secondary N) is 1. The summed E-state index contributed by atoms with van der Waals surface area (Å²) in [5.74, 6) is -0.0289. The zero-order chi connectivity index (χ0) is 13.2. The fraction of sp³-hybridized carbons (Fsp3) is 0.533. The van der Waals surface area contributed by atoms with Crippen LogP contribution in [0.25, 0.3) is 0 Å². The van der Waals surface area contributed by atoms with E-state index in [1.165, 1.54) is 24.0 Å². The molecule has 106 valence electrons. The van der Waals surface area contributed by atoms with Gasteiger partial charge in [0.15, 0.2) is 0 Å². The quantitative estimate of drug-likeness (QED) is 0.895. The van der Waals surface area contributed by atoms with Crippen LogP contribution in [0.4, 0.5) is 0 Å². The number of hydrogen-bond acceptors (Lipinski definition) is 2. The lowest BCUT2D eigenvalue weighted by atomic mass is 9.90. The average Bonchev–Trinajstić information content (AvgIpc) is 2.37. The SMILES string of the molecule is CC(C)(CN)NC(=O)c1ccc2c(c1)CCCC2.Cl. The van der Waals surface area contributed by atoms with Gasteiger partial charge in [0.1, 0.15) is 0 Å². The van der Waals surface area contributed by atoms with Gasteiger partial charge in [-0.3, -0.25) is 4.79 Å². The Kier molecular flexibility index (Phi) is 5.39. The van der Waals surface area contributed by atoms with Gasteiger partial charge < -0.3 is 11.1 Å². The van der Waals surface area contributed by atoms with E-state index in [0.717, 1.165) is 18.4 Å². The smallest absolute Gasteiger partial charge is 0.251 e. The van der Waals surface area contributed by atoms with Crippen LogP contribution in [0.5, 0.6) is 0 Å². The summed E-state index contributed by atoms with van der Waals surface area (Å²) >= 11 is 0. The Morgan fingerprint density at radius 1 is 1.26 bits per heavy atom. The Balaban J connectivity index is 0.00000180. The zero-order valence-electron chi connectivity index (χ0n) is 11.7. The van der Waals surface area contributed by atoms with E-state index in [1.807, 2.05) is 26.0 Å². The predicted octanol–water partition coefficient (Wildman–Crippen LogP) is 2.45. The average molecular weight is 283 g/mol. The van der Waals surface area contributed by atoms with Crippen molar-refractivity contribution in [2.75, 3.05) is 6.54 Å². The molecule has 0 radical (unpaired) electrons. The number of benzene rings is 1. The van der Waals surface area contributed by atoms with Gasteiger partial charge in [0.2, 0.25) is 0 Å². The standard InChI is InChI=1S/C15H22N2O.ClH/c1-15(2,10-16)17-14(18)13-8-7-11-5-3-4-6-12(11)9-13;/h7-9H,3-6,10,16H2,1-2H3,(H,17,18);1H. The fourth-order valence-corrected chi connectivity index (χ4v) is 2.31. The van der Waals surface area contributed by atoms with Crippen LogP contribution < -0.4 is 11.1 Å². The number of aryl methyl sites for hydroxylation is 2. The van der Waals surface area contributed by atoms with Crippen LogP contribution in [-0.2, 0) is 12.8 Å². The maximum atomic E-state index is 12.1. The fourth-order valence-electron chi connectivity index (χ4n) is 2.31. The summed E-state index contributed by atoms with van der Waals surface area (Å²) in [5, 5.41) is 2.97. The van der Waals surface area contributed by atoms with Gasteiger partial charge in [0.25, 0.3) is 5.91 Å². The first kappa shape index (κ1) is 16.0. The first-order valence-corrected chi connectivity index (χ1v) is 6.66. The number of rotatable bonds is 3. The molecular formula is C15H23ClN2O. The summed E-state index contributed by atoms with van der Waals surface area (Å²) < 4.78 is 0. The molecule has 19 heavy (non-hydrogen) atoms. The second-order valence-electron chi connectivity index (χ2n) is 5.73. The van der Waals surface area contributed by atoms with Crippen LogP contribution in [0, 0.1) is 0 Å². The molecule has 0 aromatic heterocycles. The van der Waals surface area contributed by atoms with Crippen molar-refractivity contribution in [2.24, 2.45) is 5.73 Å². The molecule has 0 saturated heterocycles. The van der Waals surface area contributed by atoms with Crippen molar-refractivity contribution in [1.29, 1.82) is 0 Å². The minimum Gasteiger partial charge on any atom is -0.346 e. The second-order valence-corrected chi connectivity index (χ2v) is 5.73. The molecule has 0 saturated carbocycles. The molecule has 4 heteroatoms. The van der Waals surface area contributed by atoms with Crippen LogP contribution >= 0.6 is 12.4 Å². The van der Waals surface area contributed by atoms with E-state index in [9.17, 15) is 4.79 Å². The van der Waals surface area contributed by atoms with Crippen LogP contribution in [-0.4, -0.2) is 18.0 Å². The molecule has 0 spiro atoms. The predicted molar refractivity (Wildman–Crippen MR) is 80.9 cm³/mol. The number of carbonyl (C=O) groups excluding carboxylic acids is 1. The van der Waals surface area contributed by atoms with Crippen molar-refractivity contribution in [3.05, 3.63) is 34.9 Å². The van der Waals surface area contributed by atoms with E-state index >= 15 is 0 Å². The lowest BCUT2D eigenvalue weighted by molar-refractivity contribution is 0.0915. The minimum atomic E-state index is -0.354. The van der Waals surface area contributed by atoms with Crippen molar-refractivity contribution in [3.8, 4) is 0 Å². The molecule has 0 atom stereocenters. The lowest BCUT2D eigenvalue weighted by Crippen LogP contribution is -2.48. The highest BCUT2D eigenvalue weighted by molar-refractivity contribution is 5.95. The molecular weight excluding hydrogens is 260 g/mol. The Bertz CT molecular complexity index is 457. The van der Waals surface area contributed by atoms with Crippen molar-refractivity contribution in [3.63, 3.8) is 0 Å². The molecule has 1 aromatic rings. The maximum absolute atomic E-state index is 12.1. The molecule has 0 bridgehead atoms. The van der Waals surface area contributed by atoms with Gasteiger partial charge in [-0.15, -0.1) is 12.4 Å². The topological polar surface area (TPSA) is 55.1 Å². The third-order valence-corrected chi connectivity index (χ3v) is 3.57. The summed E-state index contributed by atoms with van der Waals surface area (Å²) in [5.41, 5.74) is 8.75. The summed E-state index contributed by atoms with van der Waals surface area (Å²) in [4.78, 5) is 12.1. The Morgan fingerprint density at radius 3 is 2.53 bits per heavy atom. The van der Waals surface area contributed by atoms with Crippen LogP contribution in [0.2, 0.25) is 0 Å². The highest BCUT2D eigenvalue weighted by Crippen LogP contribution is 2.22. The van der Waals surface area contributed by atoms with Gasteiger partial charge in [-0.2, -0.15) is 0 Å². The van der Waals surface area contributed by atoms with Crippen LogP contribution in [0.15, 0.2) is 18.2 Å². The van der Waals surface area contributed by atoms with E-state index in [0.29, 0.717) is 6.54 Å². The number of nitrogens with two attached hydrogens (primary N) is 1. The van der Waals surface area contributed by atoms with Gasteiger partial charge in [-0.05, 0) is 62.8 Å². The van der Waals surface area contributed by atoms with E-state index in [4.69, 9.17) is 5.73 Å². The molecule has 0 heterocycles. The monoisotopic (exact) mass is 282 g/mol. The number of amides is 1. The van der Waals surface area contributed by atoms with Crippen LogP contribution in [0.3, 0.4) is 0 Å². The van der Waals surface area contributed by atoms with Crippen molar-refractivity contribution >= 4 is 18.3 Å². The third kappa shape index (κ3) is 3.95. The summed E-state index contributed by atoms with van der Waals surface area (Å²) in [6.45, 7) is 4.30. The second kappa shape index (κ2) is 6.40. The van der Waals surface area contributed by atoms with E-state index < -0.39 is 0 Å². The summed E-state index contributed by atoms with van der Waals surface area (Å²) in [6, 6.07) is 6.06. The van der Waals surface area contributed by atoms with Gasteiger partial charge in [-0.25, -0.2) is 0 Å². The summed E-state index contributed by atoms with van der Waals surface area (Å²) in [7, 11) is 0. The molecule has 0 aliphatic heterocycles. The Morgan fingerprint density at radius 2 is 1.89 bits per heavy atom. The van der Waals surface area contributed by atoms with Gasteiger partial charge in [-0.1, -0.05) is 6.07 Å². The maximum Gasteiger partial charge on any atom is 0.251 e. The van der Waals surface area contributed by atoms with Gasteiger partial charge in [0.05, 0.1) is 0 Å². The first-order chi connectivity index (χ1) is 8.52. The molecule has 1 amide bonds. The highest BCUT2D eigenvalue weighted by atomic mass is 35.5. The van der Waals surface area contributed by atoms with Gasteiger partial charge in [0, 0.05) is 17.6 Å². The molecule has 0 fully saturated rings. The zero-order valence-corrected chi connectivity index (χ0v) is 12.5. The van der Waals surface area contributed by atoms with Crippen molar-refractivity contribution in [2.45, 2.75) is 45.1 Å². The third-order valence-electron chi connectivity index (χ3n) is 3.57. The number of carbonyl (C=O) groups is 1. The largest absolute Gasteiger partial charge is 0.346 e. The van der Waals surface area contributed by atoms with E-state index in [1.54, 1.807) is 0 Å².